The Bertz CT molecular complexity index is 4070. The maximum Gasteiger partial charge on any atom is 0.309 e. The number of esters is 6. The minimum Gasteiger partial charge on any atom is -0.459 e. The van der Waals surface area contributed by atoms with E-state index in [1.807, 2.05) is 41.5 Å². The van der Waals surface area contributed by atoms with Crippen molar-refractivity contribution < 1.29 is 57.2 Å². The molecular weight excluding hydrogens is 1620 g/mol. The Morgan fingerprint density at radius 3 is 0.824 bits per heavy atom. The fourth-order valence-electron chi connectivity index (χ4n) is 41.6. The maximum absolute atomic E-state index is 12.7. The van der Waals surface area contributed by atoms with Gasteiger partial charge in [0, 0.05) is 35.5 Å². The lowest BCUT2D eigenvalue weighted by Gasteiger charge is -2.49. The Morgan fingerprint density at radius 2 is 0.496 bits per heavy atom. The number of ether oxygens (including phenoxy) is 6. The summed E-state index contributed by atoms with van der Waals surface area (Å²) in [6, 6.07) is 0. The molecule has 131 heavy (non-hydrogen) atoms. The number of hydrogen-bond acceptors (Lipinski definition) is 12. The van der Waals surface area contributed by atoms with Crippen LogP contribution in [0.15, 0.2) is 0 Å². The molecule has 24 fully saturated rings. The van der Waals surface area contributed by atoms with E-state index in [0.29, 0.717) is 47.3 Å². The van der Waals surface area contributed by atoms with Crippen molar-refractivity contribution in [1.29, 1.82) is 0 Å². The van der Waals surface area contributed by atoms with Gasteiger partial charge in [-0.25, -0.2) is 0 Å². The van der Waals surface area contributed by atoms with Crippen LogP contribution in [-0.4, -0.2) is 69.4 Å². The fourth-order valence-corrected chi connectivity index (χ4v) is 41.6. The predicted octanol–water partition coefficient (Wildman–Crippen LogP) is 28.2. The van der Waals surface area contributed by atoms with Crippen molar-refractivity contribution in [2.45, 2.75) is 448 Å². The predicted molar refractivity (Wildman–Crippen MR) is 519 cm³/mol. The first-order valence-electron chi connectivity index (χ1n) is 58.2. The molecule has 0 N–H and O–H groups in total. The third-order valence-electron chi connectivity index (χ3n) is 48.0. The van der Waals surface area contributed by atoms with Gasteiger partial charge in [0.15, 0.2) is 0 Å². The van der Waals surface area contributed by atoms with Crippen molar-refractivity contribution in [3.8, 4) is 0 Å². The highest BCUT2D eigenvalue weighted by atomic mass is 16.6. The van der Waals surface area contributed by atoms with Gasteiger partial charge in [-0.15, -0.1) is 0 Å². The van der Waals surface area contributed by atoms with E-state index in [0.717, 1.165) is 261 Å². The SMILES string of the molecule is CCC(C)C(=O)OC1(C(C)C)CC2CC1C1C3CCC(C3)C21.CCC(C)C(=O)OC1(C(C)CC)CC2CC1C1C3CCC(C3)C21.CCC(C)C(=O)OC1(C)CC2CC1C1C3CCC(C3)C21.CCC(C)C(=O)OC1(CC)CC2CC1C1C3CCC(C3)C21.CCCC1(OC(=O)C(C)CC)CC2CC1C1C3CCC(C3)C21.CCCCC1(OC(=O)C(C)CC)CC2CC1C1C3CCC(C3)C21. The third kappa shape index (κ3) is 15.9. The van der Waals surface area contributed by atoms with Crippen molar-refractivity contribution in [3.63, 3.8) is 0 Å². The van der Waals surface area contributed by atoms with Crippen molar-refractivity contribution in [2.75, 3.05) is 0 Å². The van der Waals surface area contributed by atoms with E-state index < -0.39 is 0 Å². The van der Waals surface area contributed by atoms with Crippen LogP contribution in [0.25, 0.3) is 0 Å². The zero-order chi connectivity index (χ0) is 92.5. The minimum atomic E-state index is -0.142. The zero-order valence-electron chi connectivity index (χ0n) is 86.7. The van der Waals surface area contributed by atoms with E-state index in [4.69, 9.17) is 28.4 Å². The van der Waals surface area contributed by atoms with Gasteiger partial charge in [-0.05, 0) is 460 Å². The highest BCUT2D eigenvalue weighted by Gasteiger charge is 2.75. The van der Waals surface area contributed by atoms with E-state index in [1.165, 1.54) is 193 Å². The molecule has 24 bridgehead atoms. The highest BCUT2D eigenvalue weighted by molar-refractivity contribution is 5.75. The molecule has 24 aliphatic rings. The summed E-state index contributed by atoms with van der Waals surface area (Å²) in [5.74, 6) is 34.0. The van der Waals surface area contributed by atoms with Gasteiger partial charge in [-0.1, -0.05) is 144 Å². The molecule has 0 heterocycles. The van der Waals surface area contributed by atoms with Crippen LogP contribution in [0.5, 0.6) is 0 Å². The largest absolute Gasteiger partial charge is 0.459 e. The molecule has 0 spiro atoms. The van der Waals surface area contributed by atoms with Crippen LogP contribution in [-0.2, 0) is 57.2 Å². The molecule has 0 radical (unpaired) electrons. The molecule has 49 unspecified atom stereocenters. The second-order valence-corrected chi connectivity index (χ2v) is 53.2. The van der Waals surface area contributed by atoms with Crippen LogP contribution in [0.4, 0.5) is 0 Å². The standard InChI is InChI=1S/2C21H34O2.2C20H32O2.C19H30O2.C18H28O2/c1-5-12(3)20(22)23-21(13(4)6-2)11-16-10-17(21)19-15-8-7-14(9-15)18(16)19;1-4-6-9-21(23-20(22)13(3)5-2)12-16-11-17(21)19-15-8-7-14(10-15)18(16)19;1-5-12(4)19(21)22-20(11(2)3)10-15-9-16(20)18-14-7-6-13(8-14)17(15)18;1-4-8-20(22-19(21)12(3)5-2)11-15-10-16(20)18-14-7-6-13(9-14)17(15)18;1-4-11(3)18(20)21-19(5-2)10-14-9-15(19)17-13-7-6-12(8-13)16(14)17;1-4-10(2)17(19)20-18(3)9-13-8-14(18)16-12-6-5-11(7-12)15(13)16/h12-19H,5-11H2,1-4H3;13-19H,4-12H2,1-3H3;11-18H,5-10H2,1-4H3;12-18H,4-11H2,1-3H3;11-17H,4-10H2,1-3H3;10-16H,4-9H2,1-3H3. The Balaban J connectivity index is 0.000000102. The summed E-state index contributed by atoms with van der Waals surface area (Å²) in [6.07, 6.45) is 54.9. The average Bonchev–Trinajstić information content (AvgIpc) is 1.55. The van der Waals surface area contributed by atoms with Gasteiger partial charge in [0.2, 0.25) is 0 Å². The molecule has 738 valence electrons. The zero-order valence-corrected chi connectivity index (χ0v) is 86.7. The molecule has 12 nitrogen and oxygen atoms in total. The first-order chi connectivity index (χ1) is 62.8. The van der Waals surface area contributed by atoms with E-state index in [-0.39, 0.29) is 105 Å². The maximum atomic E-state index is 12.7. The van der Waals surface area contributed by atoms with Crippen LogP contribution in [0.2, 0.25) is 0 Å². The Kier molecular flexibility index (Phi) is 27.6. The molecule has 12 heteroatoms. The lowest BCUT2D eigenvalue weighted by molar-refractivity contribution is -0.186. The van der Waals surface area contributed by atoms with E-state index in [9.17, 15) is 28.8 Å². The second kappa shape index (κ2) is 37.4. The molecule has 0 aromatic rings. The minimum absolute atomic E-state index is 0.0438. The van der Waals surface area contributed by atoms with Crippen LogP contribution < -0.4 is 0 Å². The summed E-state index contributed by atoms with van der Waals surface area (Å²) in [5, 5.41) is 0. The van der Waals surface area contributed by atoms with Gasteiger partial charge in [0.1, 0.15) is 33.6 Å². The van der Waals surface area contributed by atoms with E-state index >= 15 is 0 Å². The summed E-state index contributed by atoms with van der Waals surface area (Å²) in [5.41, 5.74) is -0.700. The van der Waals surface area contributed by atoms with Gasteiger partial charge < -0.3 is 28.4 Å². The first-order valence-corrected chi connectivity index (χ1v) is 58.2. The normalized spacial score (nSPS) is 50.0. The van der Waals surface area contributed by atoms with Crippen LogP contribution in [0.1, 0.15) is 415 Å². The number of carbonyl (C=O) groups is 6. The summed E-state index contributed by atoms with van der Waals surface area (Å²) in [4.78, 5) is 75.0. The number of fused-ring (bicyclic) bond motifs is 54. The van der Waals surface area contributed by atoms with E-state index in [2.05, 4.69) is 96.9 Å². The smallest absolute Gasteiger partial charge is 0.309 e. The summed E-state index contributed by atoms with van der Waals surface area (Å²) >= 11 is 0. The molecular formula is C119H190O12. The Hall–Kier alpha value is -3.18. The van der Waals surface area contributed by atoms with Crippen LogP contribution >= 0.6 is 0 Å². The summed E-state index contributed by atoms with van der Waals surface area (Å²) in [7, 11) is 0. The number of hydrogen-bond donors (Lipinski definition) is 0. The second-order valence-electron chi connectivity index (χ2n) is 53.2. The van der Waals surface area contributed by atoms with Crippen molar-refractivity contribution in [2.24, 2.45) is 260 Å². The average molecular weight is 1810 g/mol. The molecule has 24 rings (SSSR count). The van der Waals surface area contributed by atoms with Crippen molar-refractivity contribution >= 4 is 35.8 Å². The summed E-state index contributed by atoms with van der Waals surface area (Å²) < 4.78 is 37.7. The van der Waals surface area contributed by atoms with Crippen molar-refractivity contribution in [3.05, 3.63) is 0 Å². The molecule has 0 aromatic heterocycles. The topological polar surface area (TPSA) is 158 Å². The monoisotopic (exact) mass is 1810 g/mol. The molecule has 49 atom stereocenters. The molecule has 0 aromatic carbocycles. The fraction of sp³-hybridized carbons (Fsp3) is 0.950. The Morgan fingerprint density at radius 1 is 0.244 bits per heavy atom. The number of carbonyl (C=O) groups excluding carboxylic acids is 6. The molecule has 0 amide bonds. The Labute approximate surface area is 796 Å². The quantitative estimate of drug-likeness (QED) is 0.0436. The van der Waals surface area contributed by atoms with Gasteiger partial charge in [-0.3, -0.25) is 28.8 Å². The van der Waals surface area contributed by atoms with E-state index in [1.54, 1.807) is 0 Å². The molecule has 0 saturated heterocycles. The molecule has 24 saturated carbocycles. The van der Waals surface area contributed by atoms with Gasteiger partial charge in [0.25, 0.3) is 0 Å². The van der Waals surface area contributed by atoms with Gasteiger partial charge >= 0.3 is 35.8 Å². The van der Waals surface area contributed by atoms with Crippen LogP contribution in [0.3, 0.4) is 0 Å². The lowest BCUT2D eigenvalue weighted by atomic mass is 9.62. The lowest BCUT2D eigenvalue weighted by Crippen LogP contribution is -2.52. The summed E-state index contributed by atoms with van der Waals surface area (Å²) in [6.45, 7) is 42.8. The van der Waals surface area contributed by atoms with Crippen molar-refractivity contribution in [1.82, 2.24) is 0 Å². The number of unbranched alkanes of at least 4 members (excludes halogenated alkanes) is 1. The van der Waals surface area contributed by atoms with Gasteiger partial charge in [-0.2, -0.15) is 0 Å². The molecule has 24 aliphatic carbocycles. The first kappa shape index (κ1) is 96.7. The van der Waals surface area contributed by atoms with Gasteiger partial charge in [0.05, 0.1) is 35.5 Å². The molecule has 0 aliphatic heterocycles. The third-order valence-corrected chi connectivity index (χ3v) is 48.0. The van der Waals surface area contributed by atoms with Crippen LogP contribution in [0, 0.1) is 260 Å². The highest BCUT2D eigenvalue weighted by Crippen LogP contribution is 2.78. The number of rotatable bonds is 27.